The molecule has 1 amide bonds. The van der Waals surface area contributed by atoms with E-state index in [2.05, 4.69) is 28.6 Å². The fourth-order valence-electron chi connectivity index (χ4n) is 3.11. The lowest BCUT2D eigenvalue weighted by Gasteiger charge is -2.23. The normalized spacial score (nSPS) is 12.0. The number of thiophene rings is 1. The molecule has 0 fully saturated rings. The van der Waals surface area contributed by atoms with Gasteiger partial charge in [0.2, 0.25) is 5.91 Å². The molecule has 4 nitrogen and oxygen atoms in total. The Balaban J connectivity index is 1.73. The zero-order valence-electron chi connectivity index (χ0n) is 16.3. The van der Waals surface area contributed by atoms with Crippen LogP contribution in [-0.2, 0) is 11.3 Å². The largest absolute Gasteiger partial charge is 0.497 e. The predicted molar refractivity (Wildman–Crippen MR) is 115 cm³/mol. The van der Waals surface area contributed by atoms with Crippen LogP contribution in [0.15, 0.2) is 72.1 Å². The zero-order chi connectivity index (χ0) is 19.8. The number of methoxy groups -OCH3 is 1. The van der Waals surface area contributed by atoms with Gasteiger partial charge >= 0.3 is 0 Å². The minimum Gasteiger partial charge on any atom is -0.497 e. The molecule has 0 radical (unpaired) electrons. The summed E-state index contributed by atoms with van der Waals surface area (Å²) in [5, 5.41) is 5.28. The Hall–Kier alpha value is -2.63. The Bertz CT molecular complexity index is 848. The van der Waals surface area contributed by atoms with Crippen LogP contribution in [0.25, 0.3) is 0 Å². The first-order chi connectivity index (χ1) is 13.7. The molecule has 0 unspecified atom stereocenters. The molecule has 0 bridgehead atoms. The predicted octanol–water partition coefficient (Wildman–Crippen LogP) is 4.48. The van der Waals surface area contributed by atoms with Gasteiger partial charge in [0.15, 0.2) is 0 Å². The Morgan fingerprint density at radius 1 is 1.04 bits per heavy atom. The van der Waals surface area contributed by atoms with Crippen LogP contribution < -0.4 is 10.1 Å². The van der Waals surface area contributed by atoms with E-state index in [-0.39, 0.29) is 11.9 Å². The van der Waals surface area contributed by atoms with E-state index in [1.807, 2.05) is 60.7 Å². The highest BCUT2D eigenvalue weighted by atomic mass is 32.1. The van der Waals surface area contributed by atoms with E-state index in [0.29, 0.717) is 6.54 Å². The van der Waals surface area contributed by atoms with Crippen LogP contribution in [0.2, 0.25) is 0 Å². The van der Waals surface area contributed by atoms with E-state index in [1.54, 1.807) is 18.4 Å². The van der Waals surface area contributed by atoms with Gasteiger partial charge in [-0.2, -0.15) is 0 Å². The summed E-state index contributed by atoms with van der Waals surface area (Å²) < 4.78 is 5.26. The first-order valence-electron chi connectivity index (χ1n) is 9.42. The van der Waals surface area contributed by atoms with Crippen LogP contribution in [0.1, 0.15) is 29.0 Å². The molecule has 0 aliphatic rings. The molecule has 146 valence electrons. The number of hydrogen-bond acceptors (Lipinski definition) is 4. The number of rotatable bonds is 9. The van der Waals surface area contributed by atoms with Crippen molar-refractivity contribution in [1.82, 2.24) is 10.2 Å². The molecule has 1 atom stereocenters. The smallest absolute Gasteiger partial charge is 0.234 e. The molecule has 28 heavy (non-hydrogen) atoms. The average Bonchev–Trinajstić information content (AvgIpc) is 3.25. The van der Waals surface area contributed by atoms with Gasteiger partial charge in [-0.25, -0.2) is 0 Å². The highest BCUT2D eigenvalue weighted by Gasteiger charge is 2.18. The van der Waals surface area contributed by atoms with E-state index in [0.717, 1.165) is 30.0 Å². The van der Waals surface area contributed by atoms with Gasteiger partial charge < -0.3 is 10.1 Å². The summed E-state index contributed by atoms with van der Waals surface area (Å²) >= 11 is 1.72. The maximum atomic E-state index is 12.8. The molecule has 5 heteroatoms. The number of nitrogens with zero attached hydrogens (tertiary/aromatic N) is 1. The van der Waals surface area contributed by atoms with Crippen molar-refractivity contribution in [3.05, 3.63) is 88.1 Å². The van der Waals surface area contributed by atoms with Gasteiger partial charge in [0.25, 0.3) is 0 Å². The van der Waals surface area contributed by atoms with Crippen LogP contribution in [0, 0.1) is 0 Å². The van der Waals surface area contributed by atoms with Crippen molar-refractivity contribution in [1.29, 1.82) is 0 Å². The molecule has 0 saturated carbocycles. The summed E-state index contributed by atoms with van der Waals surface area (Å²) in [6.07, 6.45) is 0. The summed E-state index contributed by atoms with van der Waals surface area (Å²) in [5.74, 6) is 0.818. The second-order valence-corrected chi connectivity index (χ2v) is 7.60. The molecular weight excluding hydrogens is 368 g/mol. The number of carbonyl (C=O) groups is 1. The fourth-order valence-corrected chi connectivity index (χ4v) is 3.86. The summed E-state index contributed by atoms with van der Waals surface area (Å²) in [4.78, 5) is 16.3. The summed E-state index contributed by atoms with van der Waals surface area (Å²) in [7, 11) is 1.65. The third kappa shape index (κ3) is 5.44. The van der Waals surface area contributed by atoms with Crippen LogP contribution in [0.5, 0.6) is 5.75 Å². The molecule has 3 aromatic rings. The zero-order valence-corrected chi connectivity index (χ0v) is 17.1. The lowest BCUT2D eigenvalue weighted by Crippen LogP contribution is -2.38. The molecule has 0 saturated heterocycles. The number of nitrogens with one attached hydrogen (secondary N) is 1. The van der Waals surface area contributed by atoms with Crippen molar-refractivity contribution in [2.75, 3.05) is 20.2 Å². The van der Waals surface area contributed by atoms with Gasteiger partial charge in [-0.3, -0.25) is 9.69 Å². The van der Waals surface area contributed by atoms with E-state index in [1.165, 1.54) is 4.88 Å². The first-order valence-corrected chi connectivity index (χ1v) is 10.3. The van der Waals surface area contributed by atoms with Crippen LogP contribution in [0.3, 0.4) is 0 Å². The number of benzene rings is 2. The highest BCUT2D eigenvalue weighted by molar-refractivity contribution is 7.09. The highest BCUT2D eigenvalue weighted by Crippen LogP contribution is 2.24. The van der Waals surface area contributed by atoms with E-state index in [4.69, 9.17) is 4.74 Å². The van der Waals surface area contributed by atoms with Crippen LogP contribution in [-0.4, -0.2) is 31.0 Å². The third-order valence-electron chi connectivity index (χ3n) is 4.66. The second kappa shape index (κ2) is 10.1. The third-order valence-corrected chi connectivity index (χ3v) is 5.52. The minimum atomic E-state index is -0.194. The Morgan fingerprint density at radius 3 is 2.36 bits per heavy atom. The monoisotopic (exact) mass is 394 g/mol. The number of ether oxygens (including phenoxy) is 1. The first kappa shape index (κ1) is 20.1. The standard InChI is InChI=1S/C23H26N2O2S/c1-3-25(16-21-10-7-15-28-21)17-22(26)24-23(18-8-5-4-6-9-18)19-11-13-20(27-2)14-12-19/h4-15,23H,3,16-17H2,1-2H3,(H,24,26)/t23-/m0/s1. The Labute approximate surface area is 170 Å². The van der Waals surface area contributed by atoms with E-state index < -0.39 is 0 Å². The number of hydrogen-bond donors (Lipinski definition) is 1. The Kier molecular flexibility index (Phi) is 7.23. The van der Waals surface area contributed by atoms with Crippen molar-refractivity contribution in [3.63, 3.8) is 0 Å². The second-order valence-electron chi connectivity index (χ2n) is 6.57. The molecule has 0 aliphatic heterocycles. The molecule has 1 heterocycles. The average molecular weight is 395 g/mol. The molecule has 2 aromatic carbocycles. The van der Waals surface area contributed by atoms with Crippen molar-refractivity contribution in [3.8, 4) is 5.75 Å². The van der Waals surface area contributed by atoms with Gasteiger partial charge in [0.1, 0.15) is 5.75 Å². The summed E-state index contributed by atoms with van der Waals surface area (Å²) in [6.45, 7) is 4.07. The summed E-state index contributed by atoms with van der Waals surface area (Å²) in [5.41, 5.74) is 2.09. The van der Waals surface area contributed by atoms with Gasteiger partial charge in [-0.1, -0.05) is 55.5 Å². The molecule has 0 spiro atoms. The maximum absolute atomic E-state index is 12.8. The molecule has 0 aliphatic carbocycles. The molecular formula is C23H26N2O2S. The summed E-state index contributed by atoms with van der Waals surface area (Å²) in [6, 6.07) is 21.9. The quantitative estimate of drug-likeness (QED) is 0.582. The Morgan fingerprint density at radius 2 is 1.75 bits per heavy atom. The van der Waals surface area contributed by atoms with Crippen molar-refractivity contribution in [2.45, 2.75) is 19.5 Å². The van der Waals surface area contributed by atoms with Gasteiger partial charge in [-0.05, 0) is 41.3 Å². The molecule has 1 N–H and O–H groups in total. The van der Waals surface area contributed by atoms with Crippen LogP contribution >= 0.6 is 11.3 Å². The van der Waals surface area contributed by atoms with E-state index in [9.17, 15) is 4.79 Å². The number of amides is 1. The minimum absolute atomic E-state index is 0.0167. The lowest BCUT2D eigenvalue weighted by molar-refractivity contribution is -0.122. The lowest BCUT2D eigenvalue weighted by atomic mass is 9.98. The number of likely N-dealkylation sites (N-methyl/N-ethyl adjacent to an activating group) is 1. The van der Waals surface area contributed by atoms with Crippen LogP contribution in [0.4, 0.5) is 0 Å². The van der Waals surface area contributed by atoms with Gasteiger partial charge in [-0.15, -0.1) is 11.3 Å². The molecule has 3 rings (SSSR count). The topological polar surface area (TPSA) is 41.6 Å². The van der Waals surface area contributed by atoms with Crippen molar-refractivity contribution < 1.29 is 9.53 Å². The van der Waals surface area contributed by atoms with Gasteiger partial charge in [0.05, 0.1) is 19.7 Å². The van der Waals surface area contributed by atoms with Gasteiger partial charge in [0, 0.05) is 11.4 Å². The fraction of sp³-hybridized carbons (Fsp3) is 0.261. The van der Waals surface area contributed by atoms with E-state index >= 15 is 0 Å². The molecule has 1 aromatic heterocycles. The van der Waals surface area contributed by atoms with Crippen molar-refractivity contribution in [2.24, 2.45) is 0 Å². The SMILES string of the molecule is CCN(CC(=O)N[C@@H](c1ccccc1)c1ccc(OC)cc1)Cc1cccs1. The van der Waals surface area contributed by atoms with Crippen molar-refractivity contribution >= 4 is 17.2 Å². The maximum Gasteiger partial charge on any atom is 0.234 e. The number of carbonyl (C=O) groups excluding carboxylic acids is 1.